The lowest BCUT2D eigenvalue weighted by atomic mass is 9.94. The highest BCUT2D eigenvalue weighted by atomic mass is 79.9. The van der Waals surface area contributed by atoms with Crippen LogP contribution in [0.2, 0.25) is 0 Å². The lowest BCUT2D eigenvalue weighted by Gasteiger charge is -2.23. The van der Waals surface area contributed by atoms with Crippen molar-refractivity contribution in [1.82, 2.24) is 4.90 Å². The van der Waals surface area contributed by atoms with E-state index in [-0.39, 0.29) is 11.8 Å². The fourth-order valence-electron chi connectivity index (χ4n) is 3.28. The number of likely N-dealkylation sites (tertiary alicyclic amines) is 1. The number of carboxylic acids is 1. The Balaban J connectivity index is 1.80. The number of carbonyl (C=O) groups is 2. The SMILES string of the molecule is C[C@@H]1CN(C(=O)C2(c3ccc(Br)cc3)CC2)C[C@H]1C(=O)O. The summed E-state index contributed by atoms with van der Waals surface area (Å²) in [5.41, 5.74) is 0.635. The van der Waals surface area contributed by atoms with Gasteiger partial charge in [0.05, 0.1) is 11.3 Å². The maximum atomic E-state index is 12.8. The summed E-state index contributed by atoms with van der Waals surface area (Å²) in [4.78, 5) is 25.8. The van der Waals surface area contributed by atoms with Crippen LogP contribution < -0.4 is 0 Å². The van der Waals surface area contributed by atoms with Crippen LogP contribution in [-0.4, -0.2) is 35.0 Å². The van der Waals surface area contributed by atoms with Crippen molar-refractivity contribution in [1.29, 1.82) is 0 Å². The molecule has 2 aliphatic rings. The predicted molar refractivity (Wildman–Crippen MR) is 81.9 cm³/mol. The number of benzene rings is 1. The summed E-state index contributed by atoms with van der Waals surface area (Å²) in [6.07, 6.45) is 1.71. The molecule has 0 spiro atoms. The minimum Gasteiger partial charge on any atom is -0.481 e. The molecule has 0 radical (unpaired) electrons. The number of hydrogen-bond acceptors (Lipinski definition) is 2. The Morgan fingerprint density at radius 3 is 2.33 bits per heavy atom. The molecule has 4 nitrogen and oxygen atoms in total. The Kier molecular flexibility index (Phi) is 3.56. The van der Waals surface area contributed by atoms with Gasteiger partial charge in [0.1, 0.15) is 0 Å². The van der Waals surface area contributed by atoms with Gasteiger partial charge in [-0.2, -0.15) is 0 Å². The van der Waals surface area contributed by atoms with Gasteiger partial charge >= 0.3 is 5.97 Å². The number of nitrogens with zero attached hydrogens (tertiary/aromatic N) is 1. The van der Waals surface area contributed by atoms with Crippen molar-refractivity contribution in [3.63, 3.8) is 0 Å². The van der Waals surface area contributed by atoms with E-state index < -0.39 is 17.3 Å². The van der Waals surface area contributed by atoms with Gasteiger partial charge in [-0.3, -0.25) is 9.59 Å². The Labute approximate surface area is 132 Å². The van der Waals surface area contributed by atoms with Gasteiger partial charge in [-0.15, -0.1) is 0 Å². The predicted octanol–water partition coefficient (Wildman–Crippen LogP) is 2.66. The molecular formula is C16H18BrNO3. The van der Waals surface area contributed by atoms with Crippen molar-refractivity contribution in [3.05, 3.63) is 34.3 Å². The van der Waals surface area contributed by atoms with E-state index >= 15 is 0 Å². The van der Waals surface area contributed by atoms with E-state index in [1.165, 1.54) is 0 Å². The fraction of sp³-hybridized carbons (Fsp3) is 0.500. The zero-order valence-electron chi connectivity index (χ0n) is 11.9. The molecule has 0 bridgehead atoms. The van der Waals surface area contributed by atoms with E-state index in [0.717, 1.165) is 22.9 Å². The van der Waals surface area contributed by atoms with Crippen LogP contribution in [0.3, 0.4) is 0 Å². The quantitative estimate of drug-likeness (QED) is 0.910. The van der Waals surface area contributed by atoms with E-state index in [9.17, 15) is 14.7 Å². The molecule has 21 heavy (non-hydrogen) atoms. The van der Waals surface area contributed by atoms with Gasteiger partial charge in [0.2, 0.25) is 5.91 Å². The molecule has 1 saturated carbocycles. The van der Waals surface area contributed by atoms with Gasteiger partial charge in [0.25, 0.3) is 0 Å². The number of hydrogen-bond donors (Lipinski definition) is 1. The lowest BCUT2D eigenvalue weighted by molar-refractivity contribution is -0.142. The molecule has 0 unspecified atom stereocenters. The van der Waals surface area contributed by atoms with E-state index in [1.54, 1.807) is 4.90 Å². The van der Waals surface area contributed by atoms with Crippen LogP contribution in [0.25, 0.3) is 0 Å². The molecule has 1 aromatic carbocycles. The van der Waals surface area contributed by atoms with E-state index in [4.69, 9.17) is 0 Å². The highest BCUT2D eigenvalue weighted by Crippen LogP contribution is 2.50. The summed E-state index contributed by atoms with van der Waals surface area (Å²) in [5, 5.41) is 9.21. The second-order valence-corrected chi connectivity index (χ2v) is 7.14. The summed E-state index contributed by atoms with van der Waals surface area (Å²) in [6.45, 7) is 2.80. The first-order chi connectivity index (χ1) is 9.94. The second-order valence-electron chi connectivity index (χ2n) is 6.22. The first-order valence-corrected chi connectivity index (χ1v) is 8.01. The van der Waals surface area contributed by atoms with Crippen LogP contribution in [-0.2, 0) is 15.0 Å². The van der Waals surface area contributed by atoms with Crippen molar-refractivity contribution in [2.24, 2.45) is 11.8 Å². The largest absolute Gasteiger partial charge is 0.481 e. The third kappa shape index (κ3) is 2.48. The second kappa shape index (κ2) is 5.13. The van der Waals surface area contributed by atoms with Gasteiger partial charge in [0.15, 0.2) is 0 Å². The van der Waals surface area contributed by atoms with Gasteiger partial charge in [-0.1, -0.05) is 35.0 Å². The number of carboxylic acid groups (broad SMARTS) is 1. The highest BCUT2D eigenvalue weighted by Gasteiger charge is 2.54. The molecule has 112 valence electrons. The maximum Gasteiger partial charge on any atom is 0.308 e. The number of halogens is 1. The Morgan fingerprint density at radius 1 is 1.24 bits per heavy atom. The molecule has 2 fully saturated rings. The number of rotatable bonds is 3. The zero-order valence-corrected chi connectivity index (χ0v) is 13.5. The van der Waals surface area contributed by atoms with Crippen molar-refractivity contribution in [2.45, 2.75) is 25.2 Å². The summed E-state index contributed by atoms with van der Waals surface area (Å²) in [5.74, 6) is -1.12. The summed E-state index contributed by atoms with van der Waals surface area (Å²) in [6, 6.07) is 7.89. The molecule has 5 heteroatoms. The maximum absolute atomic E-state index is 12.8. The third-order valence-corrected chi connectivity index (χ3v) is 5.30. The van der Waals surface area contributed by atoms with Crippen LogP contribution >= 0.6 is 15.9 Å². The minimum absolute atomic E-state index is 0.0205. The van der Waals surface area contributed by atoms with Gasteiger partial charge in [0, 0.05) is 17.6 Å². The van der Waals surface area contributed by atoms with Crippen LogP contribution in [0.4, 0.5) is 0 Å². The molecule has 1 heterocycles. The molecule has 0 aromatic heterocycles. The number of aliphatic carboxylic acids is 1. The minimum atomic E-state index is -0.800. The molecule has 1 amide bonds. The molecule has 1 aromatic rings. The molecule has 1 aliphatic heterocycles. The molecule has 1 saturated heterocycles. The van der Waals surface area contributed by atoms with Crippen molar-refractivity contribution >= 4 is 27.8 Å². The number of amides is 1. The lowest BCUT2D eigenvalue weighted by Crippen LogP contribution is -2.38. The first-order valence-electron chi connectivity index (χ1n) is 7.22. The van der Waals surface area contributed by atoms with Crippen LogP contribution in [0, 0.1) is 11.8 Å². The molecule has 1 N–H and O–H groups in total. The molecule has 3 rings (SSSR count). The molecular weight excluding hydrogens is 334 g/mol. The highest BCUT2D eigenvalue weighted by molar-refractivity contribution is 9.10. The smallest absolute Gasteiger partial charge is 0.308 e. The Hall–Kier alpha value is -1.36. The summed E-state index contributed by atoms with van der Waals surface area (Å²) < 4.78 is 0.996. The van der Waals surface area contributed by atoms with E-state index in [1.807, 2.05) is 31.2 Å². The topological polar surface area (TPSA) is 57.6 Å². The van der Waals surface area contributed by atoms with Gasteiger partial charge < -0.3 is 10.0 Å². The first kappa shape index (κ1) is 14.6. The summed E-state index contributed by atoms with van der Waals surface area (Å²) in [7, 11) is 0. The monoisotopic (exact) mass is 351 g/mol. The summed E-state index contributed by atoms with van der Waals surface area (Å²) >= 11 is 3.41. The standard InChI is InChI=1S/C16H18BrNO3/c1-10-8-18(9-13(10)14(19)20)15(21)16(6-7-16)11-2-4-12(17)5-3-11/h2-5,10,13H,6-9H2,1H3,(H,19,20)/t10-,13-/m1/s1. The van der Waals surface area contributed by atoms with Crippen LogP contribution in [0.1, 0.15) is 25.3 Å². The van der Waals surface area contributed by atoms with Crippen molar-refractivity contribution in [2.75, 3.05) is 13.1 Å². The fourth-order valence-corrected chi connectivity index (χ4v) is 3.54. The Morgan fingerprint density at radius 2 is 1.86 bits per heavy atom. The molecule has 2 atom stereocenters. The van der Waals surface area contributed by atoms with Crippen molar-refractivity contribution < 1.29 is 14.7 Å². The average Bonchev–Trinajstić information content (AvgIpc) is 3.16. The van der Waals surface area contributed by atoms with E-state index in [2.05, 4.69) is 15.9 Å². The van der Waals surface area contributed by atoms with Crippen LogP contribution in [0.15, 0.2) is 28.7 Å². The van der Waals surface area contributed by atoms with Crippen molar-refractivity contribution in [3.8, 4) is 0 Å². The third-order valence-electron chi connectivity index (χ3n) is 4.77. The number of carbonyl (C=O) groups excluding carboxylic acids is 1. The normalized spacial score (nSPS) is 26.7. The Bertz CT molecular complexity index is 580. The van der Waals surface area contributed by atoms with E-state index in [0.29, 0.717) is 13.1 Å². The average molecular weight is 352 g/mol. The molecule has 1 aliphatic carbocycles. The van der Waals surface area contributed by atoms with Crippen LogP contribution in [0.5, 0.6) is 0 Å². The van der Waals surface area contributed by atoms with Gasteiger partial charge in [-0.05, 0) is 36.5 Å². The zero-order chi connectivity index (χ0) is 15.2. The van der Waals surface area contributed by atoms with Gasteiger partial charge in [-0.25, -0.2) is 0 Å².